The first-order valence-corrected chi connectivity index (χ1v) is 4.09. The summed E-state index contributed by atoms with van der Waals surface area (Å²) in [7, 11) is 1.82. The zero-order chi connectivity index (χ0) is 9.26. The van der Waals surface area contributed by atoms with E-state index in [1.165, 1.54) is 0 Å². The van der Waals surface area contributed by atoms with E-state index in [9.17, 15) is 0 Å². The van der Waals surface area contributed by atoms with E-state index < -0.39 is 0 Å². The molecule has 4 heteroatoms. The van der Waals surface area contributed by atoms with Crippen molar-refractivity contribution in [3.05, 3.63) is 24.1 Å². The van der Waals surface area contributed by atoms with Gasteiger partial charge in [-0.3, -0.25) is 0 Å². The van der Waals surface area contributed by atoms with Crippen molar-refractivity contribution in [1.29, 1.82) is 0 Å². The van der Waals surface area contributed by atoms with Crippen molar-refractivity contribution in [3.8, 4) is 11.5 Å². The highest BCUT2D eigenvalue weighted by atomic mass is 16.3. The summed E-state index contributed by atoms with van der Waals surface area (Å²) < 4.78 is 5.25. The minimum absolute atomic E-state index is 0.754. The van der Waals surface area contributed by atoms with E-state index in [2.05, 4.69) is 15.3 Å². The molecule has 4 nitrogen and oxygen atoms in total. The second-order valence-corrected chi connectivity index (χ2v) is 2.79. The molecule has 0 aliphatic carbocycles. The van der Waals surface area contributed by atoms with Crippen LogP contribution in [0.2, 0.25) is 0 Å². The summed E-state index contributed by atoms with van der Waals surface area (Å²) in [6.45, 7) is 1.96. The summed E-state index contributed by atoms with van der Waals surface area (Å²) in [6.07, 6.45) is 1.64. The zero-order valence-corrected chi connectivity index (χ0v) is 7.59. The molecule has 0 amide bonds. The number of aromatic amines is 1. The second-order valence-electron chi connectivity index (χ2n) is 2.79. The van der Waals surface area contributed by atoms with Gasteiger partial charge in [-0.25, -0.2) is 4.98 Å². The summed E-state index contributed by atoms with van der Waals surface area (Å²) >= 11 is 0. The standard InChI is InChI=1S/C9H11N3O/c1-6-8(7-4-3-5-13-7)12-9(10-2)11-6/h3-5H,1-2H3,(H2,10,11,12). The van der Waals surface area contributed by atoms with Crippen LogP contribution < -0.4 is 5.32 Å². The maximum Gasteiger partial charge on any atom is 0.200 e. The average molecular weight is 177 g/mol. The number of nitrogens with zero attached hydrogens (tertiary/aromatic N) is 1. The molecule has 2 aromatic heterocycles. The Bertz CT molecular complexity index is 389. The summed E-state index contributed by atoms with van der Waals surface area (Å²) in [5.41, 5.74) is 1.86. The third-order valence-corrected chi connectivity index (χ3v) is 1.88. The van der Waals surface area contributed by atoms with Gasteiger partial charge in [0, 0.05) is 12.7 Å². The van der Waals surface area contributed by atoms with Crippen LogP contribution >= 0.6 is 0 Å². The number of imidazole rings is 1. The quantitative estimate of drug-likeness (QED) is 0.737. The monoisotopic (exact) mass is 177 g/mol. The summed E-state index contributed by atoms with van der Waals surface area (Å²) in [4.78, 5) is 7.41. The van der Waals surface area contributed by atoms with Gasteiger partial charge < -0.3 is 14.7 Å². The van der Waals surface area contributed by atoms with E-state index >= 15 is 0 Å². The average Bonchev–Trinajstić information content (AvgIpc) is 2.72. The predicted octanol–water partition coefficient (Wildman–Crippen LogP) is 2.02. The fourth-order valence-corrected chi connectivity index (χ4v) is 1.23. The van der Waals surface area contributed by atoms with Crippen molar-refractivity contribution in [3.63, 3.8) is 0 Å². The number of furan rings is 1. The highest BCUT2D eigenvalue weighted by molar-refractivity contribution is 5.57. The molecular formula is C9H11N3O. The van der Waals surface area contributed by atoms with E-state index in [0.29, 0.717) is 0 Å². The lowest BCUT2D eigenvalue weighted by atomic mass is 10.3. The minimum Gasteiger partial charge on any atom is -0.463 e. The molecule has 0 saturated carbocycles. The Balaban J connectivity index is 2.46. The molecule has 0 aromatic carbocycles. The number of anilines is 1. The van der Waals surface area contributed by atoms with Crippen LogP contribution in [0.4, 0.5) is 5.95 Å². The van der Waals surface area contributed by atoms with Crippen LogP contribution in [0.15, 0.2) is 22.8 Å². The van der Waals surface area contributed by atoms with Crippen LogP contribution in [0.5, 0.6) is 0 Å². The van der Waals surface area contributed by atoms with E-state index in [1.807, 2.05) is 26.1 Å². The second kappa shape index (κ2) is 2.97. The Morgan fingerprint density at radius 1 is 1.54 bits per heavy atom. The summed E-state index contributed by atoms with van der Waals surface area (Å²) in [6, 6.07) is 3.74. The van der Waals surface area contributed by atoms with Crippen LogP contribution in [0.1, 0.15) is 5.69 Å². The van der Waals surface area contributed by atoms with Gasteiger partial charge in [0.05, 0.1) is 6.26 Å². The largest absolute Gasteiger partial charge is 0.463 e. The van der Waals surface area contributed by atoms with Crippen molar-refractivity contribution >= 4 is 5.95 Å². The molecule has 0 fully saturated rings. The molecule has 0 aliphatic rings. The number of H-pyrrole nitrogens is 1. The van der Waals surface area contributed by atoms with Gasteiger partial charge in [-0.2, -0.15) is 0 Å². The highest BCUT2D eigenvalue weighted by Crippen LogP contribution is 2.22. The molecule has 2 aromatic rings. The highest BCUT2D eigenvalue weighted by Gasteiger charge is 2.09. The van der Waals surface area contributed by atoms with E-state index in [-0.39, 0.29) is 0 Å². The first kappa shape index (κ1) is 7.91. The summed E-state index contributed by atoms with van der Waals surface area (Å²) in [5.74, 6) is 1.54. The van der Waals surface area contributed by atoms with Gasteiger partial charge in [0.25, 0.3) is 0 Å². The molecule has 0 atom stereocenters. The third kappa shape index (κ3) is 1.30. The lowest BCUT2D eigenvalue weighted by Crippen LogP contribution is -1.88. The Morgan fingerprint density at radius 2 is 2.38 bits per heavy atom. The van der Waals surface area contributed by atoms with Crippen molar-refractivity contribution in [2.75, 3.05) is 12.4 Å². The third-order valence-electron chi connectivity index (χ3n) is 1.88. The molecule has 0 spiro atoms. The number of rotatable bonds is 2. The summed E-state index contributed by atoms with van der Waals surface area (Å²) in [5, 5.41) is 2.94. The molecule has 0 aliphatic heterocycles. The van der Waals surface area contributed by atoms with E-state index in [4.69, 9.17) is 4.42 Å². The van der Waals surface area contributed by atoms with Gasteiger partial charge in [0.2, 0.25) is 5.95 Å². The van der Waals surface area contributed by atoms with Gasteiger partial charge in [-0.05, 0) is 19.1 Å². The normalized spacial score (nSPS) is 10.3. The van der Waals surface area contributed by atoms with Crippen LogP contribution in [0.3, 0.4) is 0 Å². The zero-order valence-electron chi connectivity index (χ0n) is 7.59. The lowest BCUT2D eigenvalue weighted by molar-refractivity contribution is 0.580. The Kier molecular flexibility index (Phi) is 1.81. The van der Waals surface area contributed by atoms with Crippen LogP contribution in [-0.4, -0.2) is 17.0 Å². The van der Waals surface area contributed by atoms with Crippen LogP contribution in [-0.2, 0) is 0 Å². The number of aromatic nitrogens is 2. The van der Waals surface area contributed by atoms with Crippen molar-refractivity contribution in [2.45, 2.75) is 6.92 Å². The van der Waals surface area contributed by atoms with Gasteiger partial charge in [-0.15, -0.1) is 0 Å². The van der Waals surface area contributed by atoms with Gasteiger partial charge >= 0.3 is 0 Å². The molecule has 2 N–H and O–H groups in total. The first-order chi connectivity index (χ1) is 6.31. The van der Waals surface area contributed by atoms with Crippen LogP contribution in [0, 0.1) is 6.92 Å². The molecular weight excluding hydrogens is 166 g/mol. The number of hydrogen-bond donors (Lipinski definition) is 2. The fraction of sp³-hybridized carbons (Fsp3) is 0.222. The molecule has 0 unspecified atom stereocenters. The number of aryl methyl sites for hydroxylation is 1. The lowest BCUT2D eigenvalue weighted by Gasteiger charge is -1.89. The molecule has 0 saturated heterocycles. The molecule has 2 rings (SSSR count). The first-order valence-electron chi connectivity index (χ1n) is 4.09. The molecule has 0 bridgehead atoms. The molecule has 68 valence electrons. The van der Waals surface area contributed by atoms with Crippen molar-refractivity contribution in [1.82, 2.24) is 9.97 Å². The Labute approximate surface area is 76.0 Å². The maximum atomic E-state index is 5.25. The predicted molar refractivity (Wildman–Crippen MR) is 50.6 cm³/mol. The van der Waals surface area contributed by atoms with Gasteiger partial charge in [-0.1, -0.05) is 0 Å². The number of hydrogen-bond acceptors (Lipinski definition) is 3. The Morgan fingerprint density at radius 3 is 2.92 bits per heavy atom. The van der Waals surface area contributed by atoms with Crippen molar-refractivity contribution in [2.24, 2.45) is 0 Å². The minimum atomic E-state index is 0.754. The number of nitrogens with one attached hydrogen (secondary N) is 2. The SMILES string of the molecule is CNc1nc(-c2ccco2)c(C)[nH]1. The van der Waals surface area contributed by atoms with E-state index in [0.717, 1.165) is 23.1 Å². The fourth-order valence-electron chi connectivity index (χ4n) is 1.23. The van der Waals surface area contributed by atoms with Gasteiger partial charge in [0.1, 0.15) is 5.69 Å². The van der Waals surface area contributed by atoms with Gasteiger partial charge in [0.15, 0.2) is 5.76 Å². The van der Waals surface area contributed by atoms with E-state index in [1.54, 1.807) is 6.26 Å². The smallest absolute Gasteiger partial charge is 0.200 e. The maximum absolute atomic E-state index is 5.25. The van der Waals surface area contributed by atoms with Crippen LogP contribution in [0.25, 0.3) is 11.5 Å². The molecule has 2 heterocycles. The Hall–Kier alpha value is -1.71. The molecule has 13 heavy (non-hydrogen) atoms. The molecule has 0 radical (unpaired) electrons. The van der Waals surface area contributed by atoms with Crippen molar-refractivity contribution < 1.29 is 4.42 Å². The topological polar surface area (TPSA) is 53.9 Å².